The summed E-state index contributed by atoms with van der Waals surface area (Å²) in [6.07, 6.45) is 6.00. The van der Waals surface area contributed by atoms with Gasteiger partial charge in [0.1, 0.15) is 16.2 Å². The zero-order chi connectivity index (χ0) is 24.3. The molecular formula is C31H38O2Si. The summed E-state index contributed by atoms with van der Waals surface area (Å²) in [5.74, 6) is 7.74. The first-order valence-corrected chi connectivity index (χ1v) is 13.1. The molecule has 0 spiro atoms. The Morgan fingerprint density at radius 2 is 1.26 bits per heavy atom. The lowest BCUT2D eigenvalue weighted by atomic mass is 9.62. The number of rotatable bonds is 11. The average Bonchev–Trinajstić information content (AvgIpc) is 2.89. The highest BCUT2D eigenvalue weighted by atomic mass is 28.2. The molecule has 34 heavy (non-hydrogen) atoms. The molecule has 0 saturated heterocycles. The van der Waals surface area contributed by atoms with E-state index < -0.39 is 0 Å². The van der Waals surface area contributed by atoms with Crippen LogP contribution in [0.3, 0.4) is 0 Å². The molecule has 3 heteroatoms. The van der Waals surface area contributed by atoms with Crippen molar-refractivity contribution >= 4 is 10.5 Å². The second-order valence-electron chi connectivity index (χ2n) is 9.26. The van der Waals surface area contributed by atoms with Crippen molar-refractivity contribution in [3.63, 3.8) is 0 Å². The summed E-state index contributed by atoms with van der Waals surface area (Å²) < 4.78 is 11.5. The van der Waals surface area contributed by atoms with Crippen molar-refractivity contribution in [2.45, 2.75) is 63.4 Å². The fourth-order valence-electron chi connectivity index (χ4n) is 4.86. The van der Waals surface area contributed by atoms with E-state index in [2.05, 4.69) is 98.5 Å². The molecule has 0 fully saturated rings. The van der Waals surface area contributed by atoms with Crippen LogP contribution in [0, 0.1) is 11.8 Å². The van der Waals surface area contributed by atoms with Crippen molar-refractivity contribution in [2.24, 2.45) is 0 Å². The van der Waals surface area contributed by atoms with Crippen molar-refractivity contribution in [1.29, 1.82) is 0 Å². The SMILES string of the molecule is COc1ccc(CCCC#CCCCC(c2ccccc2)(c2ccccc2)C(C)(C)O[SiH3])cc1. The molecule has 0 unspecified atom stereocenters. The number of benzene rings is 3. The van der Waals surface area contributed by atoms with Gasteiger partial charge < -0.3 is 9.16 Å². The second-order valence-corrected chi connectivity index (χ2v) is 9.67. The molecule has 2 nitrogen and oxygen atoms in total. The van der Waals surface area contributed by atoms with Crippen LogP contribution in [0.2, 0.25) is 0 Å². The number of hydrogen-bond acceptors (Lipinski definition) is 2. The second kappa shape index (κ2) is 12.6. The van der Waals surface area contributed by atoms with E-state index in [1.54, 1.807) is 7.11 Å². The van der Waals surface area contributed by atoms with Gasteiger partial charge in [0.2, 0.25) is 0 Å². The van der Waals surface area contributed by atoms with Crippen molar-refractivity contribution in [2.75, 3.05) is 7.11 Å². The molecule has 178 valence electrons. The van der Waals surface area contributed by atoms with Crippen LogP contribution in [0.1, 0.15) is 62.6 Å². The van der Waals surface area contributed by atoms with Gasteiger partial charge in [-0.1, -0.05) is 72.8 Å². The van der Waals surface area contributed by atoms with Gasteiger partial charge >= 0.3 is 0 Å². The minimum atomic E-state index is -0.312. The van der Waals surface area contributed by atoms with Crippen LogP contribution in [0.15, 0.2) is 84.9 Å². The third-order valence-corrected chi connectivity index (χ3v) is 8.00. The molecule has 0 aromatic heterocycles. The summed E-state index contributed by atoms with van der Waals surface area (Å²) in [4.78, 5) is 0. The van der Waals surface area contributed by atoms with Gasteiger partial charge in [0.05, 0.1) is 12.7 Å². The molecule has 0 atom stereocenters. The van der Waals surface area contributed by atoms with Crippen molar-refractivity contribution < 1.29 is 9.16 Å². The third-order valence-electron chi connectivity index (χ3n) is 6.98. The Kier molecular flexibility index (Phi) is 9.57. The number of aryl methyl sites for hydroxylation is 1. The largest absolute Gasteiger partial charge is 0.497 e. The van der Waals surface area contributed by atoms with Crippen molar-refractivity contribution in [3.05, 3.63) is 102 Å². The quantitative estimate of drug-likeness (QED) is 0.187. The Balaban J connectivity index is 1.65. The van der Waals surface area contributed by atoms with Crippen LogP contribution in [0.5, 0.6) is 5.75 Å². The minimum absolute atomic E-state index is 0.215. The lowest BCUT2D eigenvalue weighted by Gasteiger charge is -2.48. The van der Waals surface area contributed by atoms with Gasteiger partial charge in [-0.3, -0.25) is 0 Å². The Morgan fingerprint density at radius 1 is 0.735 bits per heavy atom. The van der Waals surface area contributed by atoms with Gasteiger partial charge in [0.15, 0.2) is 0 Å². The fourth-order valence-corrected chi connectivity index (χ4v) is 5.21. The number of methoxy groups -OCH3 is 1. The van der Waals surface area contributed by atoms with E-state index in [0.29, 0.717) is 10.5 Å². The monoisotopic (exact) mass is 470 g/mol. The molecular weight excluding hydrogens is 432 g/mol. The summed E-state index contributed by atoms with van der Waals surface area (Å²) in [6.45, 7) is 4.48. The summed E-state index contributed by atoms with van der Waals surface area (Å²) in [5.41, 5.74) is 3.44. The molecule has 0 aliphatic rings. The summed E-state index contributed by atoms with van der Waals surface area (Å²) in [6, 6.07) is 30.1. The molecule has 3 aromatic rings. The molecule has 0 N–H and O–H groups in total. The lowest BCUT2D eigenvalue weighted by molar-refractivity contribution is 0.0410. The Hall–Kier alpha value is -2.80. The smallest absolute Gasteiger partial charge is 0.146 e. The maximum absolute atomic E-state index is 6.27. The molecule has 3 rings (SSSR count). The van der Waals surface area contributed by atoms with E-state index in [9.17, 15) is 0 Å². The fraction of sp³-hybridized carbons (Fsp3) is 0.355. The van der Waals surface area contributed by atoms with Crippen LogP contribution < -0.4 is 4.74 Å². The molecule has 0 aliphatic heterocycles. The van der Waals surface area contributed by atoms with E-state index in [1.165, 1.54) is 16.7 Å². The Labute approximate surface area is 209 Å². The summed E-state index contributed by atoms with van der Waals surface area (Å²) >= 11 is 0. The van der Waals surface area contributed by atoms with Gasteiger partial charge in [-0.25, -0.2) is 0 Å². The zero-order valence-corrected chi connectivity index (χ0v) is 23.1. The molecule has 0 aliphatic carbocycles. The van der Waals surface area contributed by atoms with Crippen molar-refractivity contribution in [3.8, 4) is 17.6 Å². The van der Waals surface area contributed by atoms with E-state index in [1.807, 2.05) is 12.1 Å². The lowest BCUT2D eigenvalue weighted by Crippen LogP contribution is -2.50. The van der Waals surface area contributed by atoms with E-state index in [-0.39, 0.29) is 11.0 Å². The average molecular weight is 471 g/mol. The van der Waals surface area contributed by atoms with Gasteiger partial charge in [0, 0.05) is 18.3 Å². The van der Waals surface area contributed by atoms with Crippen LogP contribution in [0.25, 0.3) is 0 Å². The van der Waals surface area contributed by atoms with Gasteiger partial charge in [-0.2, -0.15) is 0 Å². The van der Waals surface area contributed by atoms with Gasteiger partial charge in [-0.05, 0) is 68.4 Å². The van der Waals surface area contributed by atoms with Crippen LogP contribution in [0.4, 0.5) is 0 Å². The van der Waals surface area contributed by atoms with Crippen LogP contribution in [-0.2, 0) is 16.3 Å². The molecule has 0 amide bonds. The topological polar surface area (TPSA) is 18.5 Å². The van der Waals surface area contributed by atoms with E-state index in [0.717, 1.165) is 44.3 Å². The molecule has 0 saturated carbocycles. The van der Waals surface area contributed by atoms with Gasteiger partial charge in [0.25, 0.3) is 0 Å². The summed E-state index contributed by atoms with van der Waals surface area (Å²) in [7, 11) is 2.40. The first-order chi connectivity index (χ1) is 16.5. The predicted molar refractivity (Wildman–Crippen MR) is 146 cm³/mol. The van der Waals surface area contributed by atoms with Crippen LogP contribution >= 0.6 is 0 Å². The minimum Gasteiger partial charge on any atom is -0.497 e. The molecule has 0 bridgehead atoms. The highest BCUT2D eigenvalue weighted by Crippen LogP contribution is 2.47. The predicted octanol–water partition coefficient (Wildman–Crippen LogP) is 6.25. The van der Waals surface area contributed by atoms with E-state index >= 15 is 0 Å². The zero-order valence-electron chi connectivity index (χ0n) is 21.1. The molecule has 0 radical (unpaired) electrons. The maximum Gasteiger partial charge on any atom is 0.146 e. The highest BCUT2D eigenvalue weighted by molar-refractivity contribution is 5.98. The maximum atomic E-state index is 6.27. The van der Waals surface area contributed by atoms with Crippen LogP contribution in [-0.4, -0.2) is 23.2 Å². The van der Waals surface area contributed by atoms with E-state index in [4.69, 9.17) is 9.16 Å². The van der Waals surface area contributed by atoms with Crippen molar-refractivity contribution in [1.82, 2.24) is 0 Å². The highest BCUT2D eigenvalue weighted by Gasteiger charge is 2.47. The third kappa shape index (κ3) is 6.20. The standard InChI is InChI=1S/C31H38O2Si/c1-30(2,33-34)31(27-17-11-8-12-18-27,28-19-13-9-14-20-28)25-15-7-5-4-6-10-16-26-21-23-29(32-3)24-22-26/h8-9,11-14,17-24H,6-7,10,15-16,25H2,1-3,34H3. The molecule has 0 heterocycles. The van der Waals surface area contributed by atoms with Gasteiger partial charge in [-0.15, -0.1) is 11.8 Å². The first kappa shape index (κ1) is 25.8. The first-order valence-electron chi connectivity index (χ1n) is 12.3. The number of ether oxygens (including phenoxy) is 1. The summed E-state index contributed by atoms with van der Waals surface area (Å²) in [5, 5.41) is 0. The Morgan fingerprint density at radius 3 is 1.76 bits per heavy atom. The normalized spacial score (nSPS) is 11.6. The Bertz CT molecular complexity index is 1010. The molecule has 3 aromatic carbocycles. The number of unbranched alkanes of at least 4 members (excludes halogenated alkanes) is 2. The number of hydrogen-bond donors (Lipinski definition) is 0.